The van der Waals surface area contributed by atoms with Crippen LogP contribution < -0.4 is 5.32 Å². The summed E-state index contributed by atoms with van der Waals surface area (Å²) in [4.78, 5) is 30.9. The fraction of sp³-hybridized carbons (Fsp3) is 0.500. The van der Waals surface area contributed by atoms with Crippen LogP contribution in [0.15, 0.2) is 18.7 Å². The Hall–Kier alpha value is -1.63. The van der Waals surface area contributed by atoms with Gasteiger partial charge in [-0.2, -0.15) is 11.8 Å². The van der Waals surface area contributed by atoms with Gasteiger partial charge in [0.05, 0.1) is 5.56 Å². The Labute approximate surface area is 116 Å². The Kier molecular flexibility index (Phi) is 5.29. The zero-order valence-electron chi connectivity index (χ0n) is 11.1. The summed E-state index contributed by atoms with van der Waals surface area (Å²) in [6, 6.07) is 0. The SMILES string of the molecule is CSCC(C)C(C)(NC(=O)c1cncnc1)C(=O)O. The molecule has 0 spiro atoms. The highest BCUT2D eigenvalue weighted by atomic mass is 32.2. The largest absolute Gasteiger partial charge is 0.480 e. The van der Waals surface area contributed by atoms with E-state index in [-0.39, 0.29) is 11.5 Å². The second kappa shape index (κ2) is 6.51. The van der Waals surface area contributed by atoms with Gasteiger partial charge in [-0.3, -0.25) is 4.79 Å². The first kappa shape index (κ1) is 15.4. The van der Waals surface area contributed by atoms with E-state index in [2.05, 4.69) is 15.3 Å². The Morgan fingerprint density at radius 3 is 2.53 bits per heavy atom. The molecule has 0 aromatic carbocycles. The van der Waals surface area contributed by atoms with Crippen molar-refractivity contribution < 1.29 is 14.7 Å². The van der Waals surface area contributed by atoms with Gasteiger partial charge in [-0.15, -0.1) is 0 Å². The highest BCUT2D eigenvalue weighted by molar-refractivity contribution is 7.98. The maximum Gasteiger partial charge on any atom is 0.329 e. The van der Waals surface area contributed by atoms with Crippen molar-refractivity contribution in [2.45, 2.75) is 19.4 Å². The highest BCUT2D eigenvalue weighted by Gasteiger charge is 2.40. The molecule has 2 unspecified atom stereocenters. The van der Waals surface area contributed by atoms with Crippen LogP contribution >= 0.6 is 11.8 Å². The maximum atomic E-state index is 12.0. The molecule has 6 nitrogen and oxygen atoms in total. The standard InChI is InChI=1S/C12H17N3O3S/c1-8(6-19-3)12(2,11(17)18)15-10(16)9-4-13-7-14-5-9/h4-5,7-8H,6H2,1-3H3,(H,15,16)(H,17,18). The van der Waals surface area contributed by atoms with Crippen molar-refractivity contribution in [1.82, 2.24) is 15.3 Å². The number of carboxylic acid groups (broad SMARTS) is 1. The Bertz CT molecular complexity index is 455. The number of amides is 1. The molecule has 0 saturated heterocycles. The van der Waals surface area contributed by atoms with Gasteiger partial charge in [-0.25, -0.2) is 14.8 Å². The first-order chi connectivity index (χ1) is 8.91. The molecule has 0 aliphatic heterocycles. The van der Waals surface area contributed by atoms with Crippen LogP contribution in [0, 0.1) is 5.92 Å². The van der Waals surface area contributed by atoms with Crippen LogP contribution in [0.1, 0.15) is 24.2 Å². The lowest BCUT2D eigenvalue weighted by Gasteiger charge is -2.32. The molecule has 1 aromatic rings. The quantitative estimate of drug-likeness (QED) is 0.810. The van der Waals surface area contributed by atoms with Gasteiger partial charge in [0.15, 0.2) is 0 Å². The number of hydrogen-bond acceptors (Lipinski definition) is 5. The van der Waals surface area contributed by atoms with Gasteiger partial charge in [0.25, 0.3) is 5.91 Å². The fourth-order valence-corrected chi connectivity index (χ4v) is 2.36. The van der Waals surface area contributed by atoms with Crippen LogP contribution in [0.4, 0.5) is 0 Å². The van der Waals surface area contributed by atoms with Crippen LogP contribution in [0.2, 0.25) is 0 Å². The topological polar surface area (TPSA) is 92.2 Å². The summed E-state index contributed by atoms with van der Waals surface area (Å²) >= 11 is 1.54. The molecule has 19 heavy (non-hydrogen) atoms. The summed E-state index contributed by atoms with van der Waals surface area (Å²) < 4.78 is 0. The molecule has 104 valence electrons. The second-order valence-electron chi connectivity index (χ2n) is 4.45. The summed E-state index contributed by atoms with van der Waals surface area (Å²) in [5.41, 5.74) is -1.08. The first-order valence-corrected chi connectivity index (χ1v) is 7.11. The molecule has 2 N–H and O–H groups in total. The summed E-state index contributed by atoms with van der Waals surface area (Å²) in [7, 11) is 0. The van der Waals surface area contributed by atoms with Crippen molar-refractivity contribution in [3.63, 3.8) is 0 Å². The number of aromatic nitrogens is 2. The minimum atomic E-state index is -1.32. The van der Waals surface area contributed by atoms with Crippen LogP contribution in [-0.4, -0.2) is 44.5 Å². The van der Waals surface area contributed by atoms with Gasteiger partial charge in [0.2, 0.25) is 0 Å². The molecule has 7 heteroatoms. The van der Waals surface area contributed by atoms with E-state index in [0.29, 0.717) is 5.75 Å². The van der Waals surface area contributed by atoms with Gasteiger partial charge >= 0.3 is 5.97 Å². The third kappa shape index (κ3) is 3.66. The van der Waals surface area contributed by atoms with E-state index >= 15 is 0 Å². The zero-order chi connectivity index (χ0) is 14.5. The molecule has 2 atom stereocenters. The molecular formula is C12H17N3O3S. The lowest BCUT2D eigenvalue weighted by atomic mass is 9.88. The number of carbonyl (C=O) groups is 2. The van der Waals surface area contributed by atoms with Gasteiger partial charge < -0.3 is 10.4 Å². The molecule has 0 fully saturated rings. The van der Waals surface area contributed by atoms with Crippen molar-refractivity contribution in [3.8, 4) is 0 Å². The average Bonchev–Trinajstić information content (AvgIpc) is 2.39. The number of carboxylic acids is 1. The van der Waals surface area contributed by atoms with Crippen molar-refractivity contribution >= 4 is 23.6 Å². The molecule has 1 rings (SSSR count). The summed E-state index contributed by atoms with van der Waals surface area (Å²) in [6.45, 7) is 3.31. The zero-order valence-corrected chi connectivity index (χ0v) is 11.9. The van der Waals surface area contributed by atoms with Crippen LogP contribution in [0.5, 0.6) is 0 Å². The van der Waals surface area contributed by atoms with E-state index in [1.165, 1.54) is 37.4 Å². The Morgan fingerprint density at radius 2 is 2.05 bits per heavy atom. The lowest BCUT2D eigenvalue weighted by molar-refractivity contribution is -0.145. The third-order valence-electron chi connectivity index (χ3n) is 3.04. The lowest BCUT2D eigenvalue weighted by Crippen LogP contribution is -2.57. The van der Waals surface area contributed by atoms with E-state index in [1.807, 2.05) is 6.26 Å². The molecule has 0 aliphatic rings. The molecule has 1 amide bonds. The molecule has 0 aliphatic carbocycles. The summed E-state index contributed by atoms with van der Waals surface area (Å²) in [6.07, 6.45) is 5.91. The minimum absolute atomic E-state index is 0.214. The number of nitrogens with zero attached hydrogens (tertiary/aromatic N) is 2. The van der Waals surface area contributed by atoms with Gasteiger partial charge in [-0.1, -0.05) is 6.92 Å². The molecule has 0 bridgehead atoms. The van der Waals surface area contributed by atoms with Crippen LogP contribution in [-0.2, 0) is 4.79 Å². The number of aliphatic carboxylic acids is 1. The number of hydrogen-bond donors (Lipinski definition) is 2. The van der Waals surface area contributed by atoms with Gasteiger partial charge in [-0.05, 0) is 24.9 Å². The number of carbonyl (C=O) groups excluding carboxylic acids is 1. The predicted molar refractivity (Wildman–Crippen MR) is 73.1 cm³/mol. The van der Waals surface area contributed by atoms with E-state index in [0.717, 1.165) is 0 Å². The van der Waals surface area contributed by atoms with E-state index < -0.39 is 17.4 Å². The molecule has 1 heterocycles. The van der Waals surface area contributed by atoms with Crippen molar-refractivity contribution in [1.29, 1.82) is 0 Å². The van der Waals surface area contributed by atoms with E-state index in [9.17, 15) is 14.7 Å². The molecule has 0 radical (unpaired) electrons. The fourth-order valence-electron chi connectivity index (χ4n) is 1.53. The Balaban J connectivity index is 2.91. The average molecular weight is 283 g/mol. The van der Waals surface area contributed by atoms with E-state index in [4.69, 9.17) is 0 Å². The predicted octanol–water partition coefficient (Wildman–Crippen LogP) is 1.05. The van der Waals surface area contributed by atoms with Crippen molar-refractivity contribution in [2.75, 3.05) is 12.0 Å². The highest BCUT2D eigenvalue weighted by Crippen LogP contribution is 2.21. The minimum Gasteiger partial charge on any atom is -0.480 e. The normalized spacial score (nSPS) is 15.3. The number of nitrogens with one attached hydrogen (secondary N) is 1. The van der Waals surface area contributed by atoms with Crippen LogP contribution in [0.25, 0.3) is 0 Å². The Morgan fingerprint density at radius 1 is 1.47 bits per heavy atom. The van der Waals surface area contributed by atoms with E-state index in [1.54, 1.807) is 6.92 Å². The number of rotatable bonds is 6. The summed E-state index contributed by atoms with van der Waals surface area (Å²) in [5, 5.41) is 11.9. The van der Waals surface area contributed by atoms with Gasteiger partial charge in [0.1, 0.15) is 11.9 Å². The van der Waals surface area contributed by atoms with Crippen molar-refractivity contribution in [3.05, 3.63) is 24.3 Å². The maximum absolute atomic E-state index is 12.0. The van der Waals surface area contributed by atoms with Gasteiger partial charge in [0, 0.05) is 12.4 Å². The first-order valence-electron chi connectivity index (χ1n) is 5.71. The molecule has 0 saturated carbocycles. The second-order valence-corrected chi connectivity index (χ2v) is 5.36. The third-order valence-corrected chi connectivity index (χ3v) is 3.88. The smallest absolute Gasteiger partial charge is 0.329 e. The monoisotopic (exact) mass is 283 g/mol. The summed E-state index contributed by atoms with van der Waals surface area (Å²) in [5.74, 6) is -1.12. The molecular weight excluding hydrogens is 266 g/mol. The van der Waals surface area contributed by atoms with Crippen molar-refractivity contribution in [2.24, 2.45) is 5.92 Å². The number of thioether (sulfide) groups is 1. The van der Waals surface area contributed by atoms with Crippen LogP contribution in [0.3, 0.4) is 0 Å². The molecule has 1 aromatic heterocycles.